The number of halogens is 1. The van der Waals surface area contributed by atoms with E-state index in [4.69, 9.17) is 5.11 Å². The smallest absolute Gasteiger partial charge is 0.122 e. The highest BCUT2D eigenvalue weighted by molar-refractivity contribution is 9.10. The fourth-order valence-electron chi connectivity index (χ4n) is 0.981. The maximum Gasteiger partial charge on any atom is 0.122 e. The maximum absolute atomic E-state index is 9.51. The fraction of sp³-hybridized carbons (Fsp3) is 0.571. The molecule has 12 heavy (non-hydrogen) atoms. The van der Waals surface area contributed by atoms with Gasteiger partial charge in [0, 0.05) is 7.05 Å². The van der Waals surface area contributed by atoms with Gasteiger partial charge in [-0.3, -0.25) is 4.68 Å². The molecule has 1 heterocycles. The molecule has 68 valence electrons. The van der Waals surface area contributed by atoms with Gasteiger partial charge in [-0.1, -0.05) is 0 Å². The zero-order valence-corrected chi connectivity index (χ0v) is 8.48. The van der Waals surface area contributed by atoms with Crippen LogP contribution in [0.1, 0.15) is 18.7 Å². The predicted molar refractivity (Wildman–Crippen MR) is 47.5 cm³/mol. The molecule has 1 aromatic heterocycles. The molecule has 0 fully saturated rings. The van der Waals surface area contributed by atoms with Crippen LogP contribution in [0.3, 0.4) is 0 Å². The summed E-state index contributed by atoms with van der Waals surface area (Å²) < 4.78 is 2.24. The van der Waals surface area contributed by atoms with E-state index in [9.17, 15) is 5.11 Å². The van der Waals surface area contributed by atoms with Gasteiger partial charge in [0.15, 0.2) is 0 Å². The highest BCUT2D eigenvalue weighted by Crippen LogP contribution is 2.24. The molecule has 1 rings (SSSR count). The number of aryl methyl sites for hydroxylation is 1. The lowest BCUT2D eigenvalue weighted by Gasteiger charge is -2.14. The van der Waals surface area contributed by atoms with Crippen molar-refractivity contribution in [2.45, 2.75) is 19.1 Å². The van der Waals surface area contributed by atoms with Crippen LogP contribution in [-0.4, -0.2) is 26.1 Å². The first-order valence-electron chi connectivity index (χ1n) is 3.57. The first-order valence-corrected chi connectivity index (χ1v) is 4.37. The van der Waals surface area contributed by atoms with Gasteiger partial charge >= 0.3 is 0 Å². The Balaban J connectivity index is 3.00. The Hall–Kier alpha value is -0.390. The van der Waals surface area contributed by atoms with Crippen molar-refractivity contribution in [2.75, 3.05) is 0 Å². The first kappa shape index (κ1) is 9.70. The van der Waals surface area contributed by atoms with Gasteiger partial charge < -0.3 is 10.2 Å². The van der Waals surface area contributed by atoms with Crippen LogP contribution in [0, 0.1) is 0 Å². The summed E-state index contributed by atoms with van der Waals surface area (Å²) in [6, 6.07) is 0. The summed E-state index contributed by atoms with van der Waals surface area (Å²) in [4.78, 5) is 0. The Morgan fingerprint density at radius 3 is 2.50 bits per heavy atom. The van der Waals surface area contributed by atoms with Crippen molar-refractivity contribution < 1.29 is 10.2 Å². The minimum Gasteiger partial charge on any atom is -0.390 e. The zero-order valence-electron chi connectivity index (χ0n) is 6.90. The summed E-state index contributed by atoms with van der Waals surface area (Å²) in [5.41, 5.74) is 0.588. The molecule has 2 atom stereocenters. The van der Waals surface area contributed by atoms with Crippen molar-refractivity contribution in [1.82, 2.24) is 9.78 Å². The molecule has 0 aliphatic rings. The average molecular weight is 235 g/mol. The number of aromatic nitrogens is 2. The molecule has 0 bridgehead atoms. The van der Waals surface area contributed by atoms with Gasteiger partial charge in [-0.25, -0.2) is 0 Å². The van der Waals surface area contributed by atoms with E-state index in [2.05, 4.69) is 21.0 Å². The summed E-state index contributed by atoms with van der Waals surface area (Å²) >= 11 is 3.23. The van der Waals surface area contributed by atoms with Gasteiger partial charge in [0.05, 0.1) is 22.5 Å². The van der Waals surface area contributed by atoms with Gasteiger partial charge in [0.25, 0.3) is 0 Å². The van der Waals surface area contributed by atoms with Gasteiger partial charge in [0.2, 0.25) is 0 Å². The van der Waals surface area contributed by atoms with Crippen LogP contribution >= 0.6 is 15.9 Å². The Labute approximate surface area is 79.0 Å². The third-order valence-corrected chi connectivity index (χ3v) is 2.29. The molecular formula is C7H11BrN2O2. The number of aliphatic hydroxyl groups excluding tert-OH is 2. The number of hydrogen-bond donors (Lipinski definition) is 2. The van der Waals surface area contributed by atoms with E-state index in [1.807, 2.05) is 0 Å². The molecule has 0 spiro atoms. The second-order valence-corrected chi connectivity index (χ2v) is 3.54. The third-order valence-electron chi connectivity index (χ3n) is 1.67. The monoisotopic (exact) mass is 234 g/mol. The van der Waals surface area contributed by atoms with Crippen LogP contribution in [0.25, 0.3) is 0 Å². The second kappa shape index (κ2) is 3.55. The molecule has 2 N–H and O–H groups in total. The Bertz CT molecular complexity index is 253. The molecule has 0 aliphatic heterocycles. The van der Waals surface area contributed by atoms with Crippen molar-refractivity contribution in [3.63, 3.8) is 0 Å². The standard InChI is InChI=1S/C7H11BrN2O2/c1-4(11)7(12)6-5(8)3-9-10(6)2/h3-4,7,11-12H,1-2H3. The number of nitrogens with zero attached hydrogens (tertiary/aromatic N) is 2. The van der Waals surface area contributed by atoms with Gasteiger partial charge in [-0.15, -0.1) is 0 Å². The average Bonchev–Trinajstić information content (AvgIpc) is 2.30. The quantitative estimate of drug-likeness (QED) is 0.788. The van der Waals surface area contributed by atoms with Crippen LogP contribution in [0.4, 0.5) is 0 Å². The lowest BCUT2D eigenvalue weighted by Crippen LogP contribution is -2.17. The Morgan fingerprint density at radius 2 is 2.17 bits per heavy atom. The minimum absolute atomic E-state index is 0.588. The highest BCUT2D eigenvalue weighted by atomic mass is 79.9. The van der Waals surface area contributed by atoms with Gasteiger partial charge in [-0.05, 0) is 22.9 Å². The molecule has 5 heteroatoms. The summed E-state index contributed by atoms with van der Waals surface area (Å²) in [6.45, 7) is 1.53. The molecule has 0 aliphatic carbocycles. The van der Waals surface area contributed by atoms with Gasteiger partial charge in [0.1, 0.15) is 6.10 Å². The second-order valence-electron chi connectivity index (χ2n) is 2.69. The van der Waals surface area contributed by atoms with Crippen molar-refractivity contribution in [1.29, 1.82) is 0 Å². The van der Waals surface area contributed by atoms with Crippen molar-refractivity contribution in [2.24, 2.45) is 7.05 Å². The third kappa shape index (κ3) is 1.68. The van der Waals surface area contributed by atoms with E-state index >= 15 is 0 Å². The molecular weight excluding hydrogens is 224 g/mol. The topological polar surface area (TPSA) is 58.3 Å². The molecule has 0 saturated carbocycles. The predicted octanol–water partition coefficient (Wildman–Crippen LogP) is 0.597. The van der Waals surface area contributed by atoms with Crippen LogP contribution < -0.4 is 0 Å². The van der Waals surface area contributed by atoms with Crippen LogP contribution in [0.5, 0.6) is 0 Å². The van der Waals surface area contributed by atoms with E-state index in [0.717, 1.165) is 0 Å². The Kier molecular flexibility index (Phi) is 2.87. The van der Waals surface area contributed by atoms with Crippen LogP contribution in [0.2, 0.25) is 0 Å². The van der Waals surface area contributed by atoms with E-state index in [1.165, 1.54) is 11.6 Å². The largest absolute Gasteiger partial charge is 0.390 e. The van der Waals surface area contributed by atoms with E-state index in [1.54, 1.807) is 13.2 Å². The summed E-state index contributed by atoms with van der Waals surface area (Å²) in [6.07, 6.45) is -0.107. The van der Waals surface area contributed by atoms with Crippen molar-refractivity contribution in [3.8, 4) is 0 Å². The van der Waals surface area contributed by atoms with Crippen molar-refractivity contribution >= 4 is 15.9 Å². The van der Waals surface area contributed by atoms with E-state index in [0.29, 0.717) is 10.2 Å². The lowest BCUT2D eigenvalue weighted by molar-refractivity contribution is 0.0250. The number of hydrogen-bond acceptors (Lipinski definition) is 3. The van der Waals surface area contributed by atoms with Crippen LogP contribution in [-0.2, 0) is 7.05 Å². The first-order chi connectivity index (χ1) is 5.54. The SMILES string of the molecule is CC(O)C(O)c1c(Br)cnn1C. The Morgan fingerprint density at radius 1 is 1.58 bits per heavy atom. The fourth-order valence-corrected chi connectivity index (χ4v) is 1.56. The minimum atomic E-state index is -0.896. The molecule has 1 aromatic rings. The molecule has 0 aromatic carbocycles. The van der Waals surface area contributed by atoms with Crippen LogP contribution in [0.15, 0.2) is 10.7 Å². The highest BCUT2D eigenvalue weighted by Gasteiger charge is 2.20. The zero-order chi connectivity index (χ0) is 9.30. The van der Waals surface area contributed by atoms with Gasteiger partial charge in [-0.2, -0.15) is 5.10 Å². The molecule has 0 radical (unpaired) electrons. The molecule has 0 amide bonds. The number of aliphatic hydroxyl groups is 2. The van der Waals surface area contributed by atoms with Crippen molar-refractivity contribution in [3.05, 3.63) is 16.4 Å². The normalized spacial score (nSPS) is 16.1. The summed E-state index contributed by atoms with van der Waals surface area (Å²) in [5.74, 6) is 0. The summed E-state index contributed by atoms with van der Waals surface area (Å²) in [7, 11) is 1.71. The van der Waals surface area contributed by atoms with E-state index < -0.39 is 12.2 Å². The molecule has 2 unspecified atom stereocenters. The summed E-state index contributed by atoms with van der Waals surface area (Å²) in [5, 5.41) is 22.6. The number of rotatable bonds is 2. The molecule has 0 saturated heterocycles. The maximum atomic E-state index is 9.51. The molecule has 4 nitrogen and oxygen atoms in total. The lowest BCUT2D eigenvalue weighted by atomic mass is 10.2. The van der Waals surface area contributed by atoms with E-state index in [-0.39, 0.29) is 0 Å².